The topological polar surface area (TPSA) is 4.93 Å². The van der Waals surface area contributed by atoms with Crippen LogP contribution in [-0.4, -0.2) is 12.5 Å². The Morgan fingerprint density at radius 1 is 0.900 bits per heavy atom. The smallest absolute Gasteiger partial charge is 0.169 e. The molecule has 0 unspecified atom stereocenters. The number of para-hydroxylation sites is 1. The van der Waals surface area contributed by atoms with Gasteiger partial charge in [0.25, 0.3) is 0 Å². The van der Waals surface area contributed by atoms with Gasteiger partial charge in [0.1, 0.15) is 0 Å². The van der Waals surface area contributed by atoms with Gasteiger partial charge in [-0.3, -0.25) is 0 Å². The highest BCUT2D eigenvalue weighted by Crippen LogP contribution is 2.45. The molecule has 0 saturated carbocycles. The molecule has 110 valence electrons. The lowest BCUT2D eigenvalue weighted by Gasteiger charge is -2.44. The average Bonchev–Trinajstić information content (AvgIpc) is 2.67. The molecule has 0 bridgehead atoms. The van der Waals surface area contributed by atoms with Crippen molar-refractivity contribution < 1.29 is 0 Å². The van der Waals surface area contributed by atoms with Crippen LogP contribution in [0.2, 0.25) is 21.6 Å². The first-order valence-corrected chi connectivity index (χ1v) is 10.1. The van der Waals surface area contributed by atoms with Crippen molar-refractivity contribution in [2.24, 2.45) is 0 Å². The molecule has 0 atom stereocenters. The van der Waals surface area contributed by atoms with Crippen LogP contribution in [0.1, 0.15) is 41.5 Å². The molecule has 20 heavy (non-hydrogen) atoms. The molecule has 3 heteroatoms. The summed E-state index contributed by atoms with van der Waals surface area (Å²) in [6, 6.07) is 8.54. The molecule has 1 aromatic heterocycles. The van der Waals surface area contributed by atoms with Crippen LogP contribution in [0.25, 0.3) is 10.9 Å². The Hall–Kier alpha value is -0.733. The summed E-state index contributed by atoms with van der Waals surface area (Å²) in [6.45, 7) is 14.3. The number of nitrogens with zero attached hydrogens (tertiary/aromatic N) is 1. The lowest BCUT2D eigenvalue weighted by atomic mass is 10.2. The minimum atomic E-state index is -1.72. The van der Waals surface area contributed by atoms with Crippen molar-refractivity contribution in [3.63, 3.8) is 0 Å². The van der Waals surface area contributed by atoms with Crippen molar-refractivity contribution in [2.45, 2.75) is 58.2 Å². The quantitative estimate of drug-likeness (QED) is 0.583. The molecule has 1 aromatic carbocycles. The molecule has 2 rings (SSSR count). The van der Waals surface area contributed by atoms with Crippen LogP contribution in [0.3, 0.4) is 0 Å². The maximum atomic E-state index is 6.50. The fraction of sp³-hybridized carbons (Fsp3) is 0.529. The van der Waals surface area contributed by atoms with E-state index in [9.17, 15) is 0 Å². The van der Waals surface area contributed by atoms with E-state index < -0.39 is 8.24 Å². The third-order valence-corrected chi connectivity index (χ3v) is 11.9. The SMILES string of the molecule is CC(C)[Si](C(C)C)(C(C)C)n1cc(Cl)c2ccccc21. The van der Waals surface area contributed by atoms with Crippen molar-refractivity contribution >= 4 is 30.7 Å². The molecular weight excluding hydrogens is 282 g/mol. The van der Waals surface area contributed by atoms with Gasteiger partial charge in [-0.15, -0.1) is 0 Å². The highest BCUT2D eigenvalue weighted by Gasteiger charge is 2.45. The Kier molecular flexibility index (Phi) is 4.36. The molecule has 2 aromatic rings. The van der Waals surface area contributed by atoms with Crippen molar-refractivity contribution in [3.8, 4) is 0 Å². The number of benzene rings is 1. The number of hydrogen-bond acceptors (Lipinski definition) is 0. The van der Waals surface area contributed by atoms with Crippen molar-refractivity contribution in [1.82, 2.24) is 4.23 Å². The van der Waals surface area contributed by atoms with Gasteiger partial charge in [-0.05, 0) is 22.7 Å². The van der Waals surface area contributed by atoms with Crippen LogP contribution < -0.4 is 0 Å². The van der Waals surface area contributed by atoms with Gasteiger partial charge < -0.3 is 4.23 Å². The third-order valence-electron chi connectivity index (χ3n) is 4.86. The lowest BCUT2D eigenvalue weighted by molar-refractivity contribution is 0.773. The van der Waals surface area contributed by atoms with Crippen molar-refractivity contribution in [1.29, 1.82) is 0 Å². The standard InChI is InChI=1S/C17H26ClNSi/c1-12(2)20(13(3)4,14(5)6)19-11-16(18)15-9-7-8-10-17(15)19/h7-14H,1-6H3. The van der Waals surface area contributed by atoms with Gasteiger partial charge >= 0.3 is 0 Å². The fourth-order valence-corrected chi connectivity index (χ4v) is 11.3. The Bertz CT molecular complexity index is 576. The molecular formula is C17H26ClNSi. The predicted octanol–water partition coefficient (Wildman–Crippen LogP) is 6.32. The zero-order chi connectivity index (χ0) is 15.1. The molecule has 0 aliphatic heterocycles. The van der Waals surface area contributed by atoms with Gasteiger partial charge in [0.2, 0.25) is 0 Å². The van der Waals surface area contributed by atoms with Crippen LogP contribution in [0, 0.1) is 0 Å². The van der Waals surface area contributed by atoms with E-state index in [1.807, 2.05) is 0 Å². The summed E-state index contributed by atoms with van der Waals surface area (Å²) in [5.41, 5.74) is 3.33. The van der Waals surface area contributed by atoms with E-state index in [4.69, 9.17) is 11.6 Å². The second-order valence-electron chi connectivity index (χ2n) is 6.72. The second-order valence-corrected chi connectivity index (χ2v) is 12.8. The van der Waals surface area contributed by atoms with E-state index in [1.165, 1.54) is 10.9 Å². The van der Waals surface area contributed by atoms with Gasteiger partial charge in [0.05, 0.1) is 5.02 Å². The van der Waals surface area contributed by atoms with E-state index in [-0.39, 0.29) is 0 Å². The van der Waals surface area contributed by atoms with E-state index in [0.29, 0.717) is 16.6 Å². The Morgan fingerprint density at radius 3 is 1.90 bits per heavy atom. The molecule has 1 nitrogen and oxygen atoms in total. The zero-order valence-corrected chi connectivity index (χ0v) is 15.2. The summed E-state index contributed by atoms with van der Waals surface area (Å²) in [7, 11) is -1.72. The summed E-state index contributed by atoms with van der Waals surface area (Å²) < 4.78 is 2.57. The molecule has 0 aliphatic rings. The largest absolute Gasteiger partial charge is 0.372 e. The lowest BCUT2D eigenvalue weighted by Crippen LogP contribution is -2.51. The van der Waals surface area contributed by atoms with Gasteiger partial charge in [0, 0.05) is 17.1 Å². The predicted molar refractivity (Wildman–Crippen MR) is 93.4 cm³/mol. The van der Waals surface area contributed by atoms with Crippen molar-refractivity contribution in [2.75, 3.05) is 0 Å². The molecule has 0 N–H and O–H groups in total. The van der Waals surface area contributed by atoms with E-state index in [1.54, 1.807) is 0 Å². The zero-order valence-electron chi connectivity index (χ0n) is 13.4. The van der Waals surface area contributed by atoms with Crippen molar-refractivity contribution in [3.05, 3.63) is 35.5 Å². The summed E-state index contributed by atoms with van der Waals surface area (Å²) in [6.07, 6.45) is 2.19. The summed E-state index contributed by atoms with van der Waals surface area (Å²) in [4.78, 5) is 0. The first kappa shape index (κ1) is 15.7. The van der Waals surface area contributed by atoms with Gasteiger partial charge in [-0.1, -0.05) is 71.3 Å². The Labute approximate surface area is 129 Å². The number of rotatable bonds is 4. The summed E-state index contributed by atoms with van der Waals surface area (Å²) >= 11 is 6.50. The first-order chi connectivity index (χ1) is 9.33. The number of aromatic nitrogens is 1. The highest BCUT2D eigenvalue weighted by molar-refractivity contribution is 6.82. The van der Waals surface area contributed by atoms with Gasteiger partial charge in [-0.2, -0.15) is 0 Å². The molecule has 1 heterocycles. The monoisotopic (exact) mass is 307 g/mol. The summed E-state index contributed by atoms with van der Waals surface area (Å²) in [5, 5.41) is 2.08. The van der Waals surface area contributed by atoms with Gasteiger partial charge in [-0.25, -0.2) is 0 Å². The number of hydrogen-bond donors (Lipinski definition) is 0. The molecule has 0 fully saturated rings. The van der Waals surface area contributed by atoms with Crippen LogP contribution in [0.5, 0.6) is 0 Å². The molecule has 0 saturated heterocycles. The normalized spacial score (nSPS) is 13.1. The third kappa shape index (κ3) is 2.13. The first-order valence-electron chi connectivity index (χ1n) is 7.59. The summed E-state index contributed by atoms with van der Waals surface area (Å²) in [5.74, 6) is 0. The Balaban J connectivity index is 2.82. The molecule has 0 spiro atoms. The van der Waals surface area contributed by atoms with E-state index in [2.05, 4.69) is 76.2 Å². The maximum Gasteiger partial charge on any atom is 0.169 e. The minimum absolute atomic E-state index is 0.675. The van der Waals surface area contributed by atoms with Gasteiger partial charge in [0.15, 0.2) is 8.24 Å². The molecule has 0 amide bonds. The van der Waals surface area contributed by atoms with Crippen LogP contribution in [0.4, 0.5) is 0 Å². The van der Waals surface area contributed by atoms with Crippen LogP contribution >= 0.6 is 11.6 Å². The second kappa shape index (κ2) is 5.57. The fourth-order valence-electron chi connectivity index (χ4n) is 4.29. The van der Waals surface area contributed by atoms with Crippen LogP contribution in [0.15, 0.2) is 30.5 Å². The van der Waals surface area contributed by atoms with Crippen LogP contribution in [-0.2, 0) is 0 Å². The Morgan fingerprint density at radius 2 is 1.40 bits per heavy atom. The average molecular weight is 308 g/mol. The number of fused-ring (bicyclic) bond motifs is 1. The maximum absolute atomic E-state index is 6.50. The van der Waals surface area contributed by atoms with E-state index in [0.717, 1.165) is 5.02 Å². The minimum Gasteiger partial charge on any atom is -0.372 e. The highest BCUT2D eigenvalue weighted by atomic mass is 35.5. The van der Waals surface area contributed by atoms with E-state index >= 15 is 0 Å². The molecule has 0 radical (unpaired) electrons. The molecule has 0 aliphatic carbocycles. The number of halogens is 1.